The van der Waals surface area contributed by atoms with Crippen molar-refractivity contribution in [3.63, 3.8) is 0 Å². The number of carbonyl (C=O) groups excluding carboxylic acids is 2. The normalized spacial score (nSPS) is 10.0. The Bertz CT molecular complexity index is 929. The number of aldehydes is 2. The van der Waals surface area contributed by atoms with Crippen LogP contribution in [0.2, 0.25) is 0 Å². The lowest BCUT2D eigenvalue weighted by Crippen LogP contribution is -1.85. The van der Waals surface area contributed by atoms with E-state index in [0.29, 0.717) is 11.4 Å². The number of aromatic nitrogens is 2. The van der Waals surface area contributed by atoms with Gasteiger partial charge in [0.1, 0.15) is 11.4 Å². The van der Waals surface area contributed by atoms with Gasteiger partial charge in [0.2, 0.25) is 0 Å². The molecular formula is C20H14N2O2. The van der Waals surface area contributed by atoms with Crippen LogP contribution >= 0.6 is 0 Å². The summed E-state index contributed by atoms with van der Waals surface area (Å²) in [6.45, 7) is 0. The third-order valence-electron chi connectivity index (χ3n) is 3.48. The summed E-state index contributed by atoms with van der Waals surface area (Å²) in [4.78, 5) is 29.0. The van der Waals surface area contributed by atoms with Crippen molar-refractivity contribution in [1.29, 1.82) is 0 Å². The fourth-order valence-corrected chi connectivity index (χ4v) is 2.29. The molecule has 116 valence electrons. The summed E-state index contributed by atoms with van der Waals surface area (Å²) in [5, 5.41) is 2.12. The van der Waals surface area contributed by atoms with Crippen molar-refractivity contribution in [2.45, 2.75) is 0 Å². The molecule has 4 rings (SSSR count). The van der Waals surface area contributed by atoms with E-state index in [-0.39, 0.29) is 0 Å². The third-order valence-corrected chi connectivity index (χ3v) is 3.48. The average Bonchev–Trinajstić information content (AvgIpc) is 2.67. The zero-order valence-corrected chi connectivity index (χ0v) is 12.8. The number of fused-ring (bicyclic) bond motifs is 2. The molecule has 4 aromatic rings. The number of pyridine rings is 2. The topological polar surface area (TPSA) is 59.9 Å². The molecule has 0 unspecified atom stereocenters. The third kappa shape index (κ3) is 3.50. The van der Waals surface area contributed by atoms with Gasteiger partial charge in [-0.3, -0.25) is 9.59 Å². The fourth-order valence-electron chi connectivity index (χ4n) is 2.29. The number of para-hydroxylation sites is 2. The maximum absolute atomic E-state index is 10.4. The van der Waals surface area contributed by atoms with Crippen molar-refractivity contribution in [3.05, 3.63) is 84.2 Å². The van der Waals surface area contributed by atoms with Crippen LogP contribution in [0.25, 0.3) is 21.8 Å². The van der Waals surface area contributed by atoms with Crippen LogP contribution in [0.4, 0.5) is 0 Å². The molecule has 2 aromatic carbocycles. The van der Waals surface area contributed by atoms with Gasteiger partial charge in [0, 0.05) is 10.8 Å². The molecule has 24 heavy (non-hydrogen) atoms. The summed E-state index contributed by atoms with van der Waals surface area (Å²) in [7, 11) is 0. The minimum Gasteiger partial charge on any atom is -0.296 e. The minimum absolute atomic E-state index is 0.480. The van der Waals surface area contributed by atoms with Crippen LogP contribution in [0.5, 0.6) is 0 Å². The van der Waals surface area contributed by atoms with Crippen molar-refractivity contribution in [3.8, 4) is 0 Å². The Balaban J connectivity index is 0.000000141. The van der Waals surface area contributed by atoms with Gasteiger partial charge in [0.25, 0.3) is 0 Å². The molecule has 0 radical (unpaired) electrons. The van der Waals surface area contributed by atoms with Crippen molar-refractivity contribution in [2.24, 2.45) is 0 Å². The second-order valence-corrected chi connectivity index (χ2v) is 5.09. The Morgan fingerprint density at radius 3 is 1.38 bits per heavy atom. The lowest BCUT2D eigenvalue weighted by Gasteiger charge is -1.95. The van der Waals surface area contributed by atoms with Crippen molar-refractivity contribution in [1.82, 2.24) is 9.97 Å². The van der Waals surface area contributed by atoms with E-state index < -0.39 is 0 Å². The maximum atomic E-state index is 10.4. The fraction of sp³-hybridized carbons (Fsp3) is 0. The number of carbonyl (C=O) groups is 2. The SMILES string of the molecule is O=Cc1ccc2ccccc2n1.O=Cc1ccc2ccccc2n1. The number of rotatable bonds is 2. The predicted octanol–water partition coefficient (Wildman–Crippen LogP) is 4.09. The molecule has 0 saturated heterocycles. The van der Waals surface area contributed by atoms with Crippen LogP contribution in [0.3, 0.4) is 0 Å². The molecule has 4 heteroatoms. The number of hydrogen-bond acceptors (Lipinski definition) is 4. The lowest BCUT2D eigenvalue weighted by molar-refractivity contribution is 0.111. The molecule has 4 nitrogen and oxygen atoms in total. The first-order valence-electron chi connectivity index (χ1n) is 7.42. The summed E-state index contributed by atoms with van der Waals surface area (Å²) in [5.41, 5.74) is 2.69. The Hall–Kier alpha value is -3.40. The average molecular weight is 314 g/mol. The first-order chi connectivity index (χ1) is 11.8. The van der Waals surface area contributed by atoms with E-state index in [4.69, 9.17) is 0 Å². The van der Waals surface area contributed by atoms with Gasteiger partial charge in [-0.2, -0.15) is 0 Å². The molecule has 0 aliphatic heterocycles. The van der Waals surface area contributed by atoms with E-state index in [2.05, 4.69) is 9.97 Å². The Kier molecular flexibility index (Phi) is 4.68. The smallest absolute Gasteiger partial charge is 0.168 e. The minimum atomic E-state index is 0.480. The van der Waals surface area contributed by atoms with Gasteiger partial charge in [-0.15, -0.1) is 0 Å². The summed E-state index contributed by atoms with van der Waals surface area (Å²) in [6.07, 6.45) is 1.51. The van der Waals surface area contributed by atoms with Crippen molar-refractivity contribution < 1.29 is 9.59 Å². The summed E-state index contributed by atoms with van der Waals surface area (Å²) in [5.74, 6) is 0. The largest absolute Gasteiger partial charge is 0.296 e. The van der Waals surface area contributed by atoms with Gasteiger partial charge in [0.05, 0.1) is 11.0 Å². The van der Waals surface area contributed by atoms with Crippen molar-refractivity contribution in [2.75, 3.05) is 0 Å². The van der Waals surface area contributed by atoms with E-state index in [1.54, 1.807) is 12.1 Å². The van der Waals surface area contributed by atoms with E-state index in [9.17, 15) is 9.59 Å². The molecule has 2 aromatic heterocycles. The molecule has 2 heterocycles. The second-order valence-electron chi connectivity index (χ2n) is 5.09. The molecule has 0 N–H and O–H groups in total. The first kappa shape index (κ1) is 15.5. The molecule has 0 amide bonds. The van der Waals surface area contributed by atoms with E-state index >= 15 is 0 Å². The Morgan fingerprint density at radius 1 is 0.542 bits per heavy atom. The standard InChI is InChI=1S/2C10H7NO/c2*12-7-9-6-5-8-3-1-2-4-10(8)11-9/h2*1-7H. The van der Waals surface area contributed by atoms with Gasteiger partial charge in [-0.05, 0) is 24.3 Å². The van der Waals surface area contributed by atoms with E-state index in [0.717, 1.165) is 34.4 Å². The molecule has 0 spiro atoms. The van der Waals surface area contributed by atoms with Crippen LogP contribution in [0, 0.1) is 0 Å². The number of nitrogens with zero attached hydrogens (tertiary/aromatic N) is 2. The zero-order chi connectivity index (χ0) is 16.8. The molecule has 0 aliphatic carbocycles. The van der Waals surface area contributed by atoms with Crippen LogP contribution in [-0.2, 0) is 0 Å². The zero-order valence-electron chi connectivity index (χ0n) is 12.8. The van der Waals surface area contributed by atoms with Gasteiger partial charge in [0.15, 0.2) is 12.6 Å². The van der Waals surface area contributed by atoms with E-state index in [1.165, 1.54) is 0 Å². The van der Waals surface area contributed by atoms with Gasteiger partial charge >= 0.3 is 0 Å². The summed E-state index contributed by atoms with van der Waals surface area (Å²) >= 11 is 0. The lowest BCUT2D eigenvalue weighted by atomic mass is 10.2. The monoisotopic (exact) mass is 314 g/mol. The summed E-state index contributed by atoms with van der Waals surface area (Å²) in [6, 6.07) is 22.7. The highest BCUT2D eigenvalue weighted by Gasteiger charge is 1.95. The van der Waals surface area contributed by atoms with Gasteiger partial charge < -0.3 is 0 Å². The summed E-state index contributed by atoms with van der Waals surface area (Å²) < 4.78 is 0. The van der Waals surface area contributed by atoms with E-state index in [1.807, 2.05) is 60.7 Å². The van der Waals surface area contributed by atoms with Crippen LogP contribution in [0.15, 0.2) is 72.8 Å². The van der Waals surface area contributed by atoms with Crippen molar-refractivity contribution >= 4 is 34.4 Å². The highest BCUT2D eigenvalue weighted by Crippen LogP contribution is 2.11. The Labute approximate surface area is 138 Å². The molecular weight excluding hydrogens is 300 g/mol. The molecule has 0 fully saturated rings. The highest BCUT2D eigenvalue weighted by molar-refractivity contribution is 5.84. The second kappa shape index (κ2) is 7.24. The number of hydrogen-bond donors (Lipinski definition) is 0. The van der Waals surface area contributed by atoms with Gasteiger partial charge in [-0.25, -0.2) is 9.97 Å². The molecule has 0 saturated carbocycles. The van der Waals surface area contributed by atoms with Crippen LogP contribution in [-0.4, -0.2) is 22.5 Å². The molecule has 0 atom stereocenters. The maximum Gasteiger partial charge on any atom is 0.168 e. The molecule has 0 bridgehead atoms. The Morgan fingerprint density at radius 2 is 0.958 bits per heavy atom. The molecule has 0 aliphatic rings. The predicted molar refractivity (Wildman–Crippen MR) is 94.3 cm³/mol. The first-order valence-corrected chi connectivity index (χ1v) is 7.42. The van der Waals surface area contributed by atoms with Crippen LogP contribution in [0.1, 0.15) is 21.0 Å². The van der Waals surface area contributed by atoms with Gasteiger partial charge in [-0.1, -0.05) is 48.5 Å². The quantitative estimate of drug-likeness (QED) is 0.523. The van der Waals surface area contributed by atoms with Crippen LogP contribution < -0.4 is 0 Å². The number of benzene rings is 2. The highest BCUT2D eigenvalue weighted by atomic mass is 16.1.